The molecule has 3 rings (SSSR count). The summed E-state index contributed by atoms with van der Waals surface area (Å²) in [5.74, 6) is 0.887. The topological polar surface area (TPSA) is 33.6 Å². The van der Waals surface area contributed by atoms with Gasteiger partial charge in [-0.3, -0.25) is 9.67 Å². The molecule has 1 N–H and O–H groups in total. The van der Waals surface area contributed by atoms with E-state index in [1.54, 1.807) is 11.3 Å². The van der Waals surface area contributed by atoms with E-state index in [2.05, 4.69) is 28.6 Å². The number of aromatic nitrogens is 3. The summed E-state index contributed by atoms with van der Waals surface area (Å²) in [7, 11) is 0. The Morgan fingerprint density at radius 3 is 2.74 bits per heavy atom. The maximum Gasteiger partial charge on any atom is 0.195 e. The van der Waals surface area contributed by atoms with E-state index in [4.69, 9.17) is 12.2 Å². The quantitative estimate of drug-likeness (QED) is 0.738. The number of hydrogen-bond donors (Lipinski definition) is 1. The first-order valence-electron chi connectivity index (χ1n) is 5.99. The van der Waals surface area contributed by atoms with Crippen LogP contribution in [0, 0.1) is 11.7 Å². The molecule has 0 unspecified atom stereocenters. The normalized spacial score (nSPS) is 10.8. The van der Waals surface area contributed by atoms with Gasteiger partial charge in [0.05, 0.1) is 6.54 Å². The molecule has 2 aromatic heterocycles. The molecule has 0 atom stereocenters. The fraction of sp³-hybridized carbons (Fsp3) is 0.143. The molecule has 0 amide bonds. The van der Waals surface area contributed by atoms with Gasteiger partial charge < -0.3 is 0 Å². The first-order valence-corrected chi connectivity index (χ1v) is 7.28. The number of benzene rings is 1. The Hall–Kier alpha value is -1.72. The average Bonchev–Trinajstić information content (AvgIpc) is 2.99. The molecule has 0 radical (unpaired) electrons. The van der Waals surface area contributed by atoms with Gasteiger partial charge in [0.25, 0.3) is 0 Å². The molecule has 2 heterocycles. The van der Waals surface area contributed by atoms with E-state index in [0.29, 0.717) is 4.77 Å². The van der Waals surface area contributed by atoms with E-state index in [0.717, 1.165) is 17.9 Å². The van der Waals surface area contributed by atoms with Crippen LogP contribution in [0.2, 0.25) is 0 Å². The average molecular weight is 287 g/mol. The van der Waals surface area contributed by atoms with Crippen LogP contribution in [0.3, 0.4) is 0 Å². The summed E-state index contributed by atoms with van der Waals surface area (Å²) in [6.45, 7) is 2.89. The lowest BCUT2D eigenvalue weighted by Gasteiger charge is -2.06. The largest absolute Gasteiger partial charge is 0.295 e. The number of nitrogens with one attached hydrogen (secondary N) is 1. The highest BCUT2D eigenvalue weighted by Crippen LogP contribution is 2.21. The van der Waals surface area contributed by atoms with Crippen molar-refractivity contribution >= 4 is 23.6 Å². The van der Waals surface area contributed by atoms with Crippen LogP contribution < -0.4 is 0 Å². The van der Waals surface area contributed by atoms with Crippen LogP contribution in [0.15, 0.2) is 41.8 Å². The summed E-state index contributed by atoms with van der Waals surface area (Å²) >= 11 is 7.09. The van der Waals surface area contributed by atoms with Crippen LogP contribution in [-0.2, 0) is 6.54 Å². The first-order chi connectivity index (χ1) is 9.25. The number of nitrogens with zero attached hydrogens (tertiary/aromatic N) is 2. The number of H-pyrrole nitrogens is 1. The van der Waals surface area contributed by atoms with Gasteiger partial charge in [-0.2, -0.15) is 5.10 Å². The van der Waals surface area contributed by atoms with Crippen molar-refractivity contribution in [2.75, 3.05) is 0 Å². The molecule has 96 valence electrons. The van der Waals surface area contributed by atoms with Gasteiger partial charge in [0.2, 0.25) is 0 Å². The summed E-state index contributed by atoms with van der Waals surface area (Å²) in [6, 6.07) is 12.2. The van der Waals surface area contributed by atoms with Crippen LogP contribution in [0.5, 0.6) is 0 Å². The molecule has 0 fully saturated rings. The maximum absolute atomic E-state index is 5.34. The summed E-state index contributed by atoms with van der Waals surface area (Å²) < 4.78 is 2.70. The maximum atomic E-state index is 5.34. The Morgan fingerprint density at radius 2 is 2.05 bits per heavy atom. The number of aromatic amines is 1. The molecular weight excluding hydrogens is 274 g/mol. The van der Waals surface area contributed by atoms with Gasteiger partial charge in [-0.15, -0.1) is 11.3 Å². The minimum absolute atomic E-state index is 0.659. The van der Waals surface area contributed by atoms with Crippen molar-refractivity contribution in [2.45, 2.75) is 13.5 Å². The minimum atomic E-state index is 0.659. The SMILES string of the molecule is Cc1ccsc1Cn1c(-c2ccccc2)n[nH]c1=S. The molecule has 19 heavy (non-hydrogen) atoms. The summed E-state index contributed by atoms with van der Waals surface area (Å²) in [5.41, 5.74) is 2.37. The second-order valence-electron chi connectivity index (χ2n) is 4.33. The molecule has 0 bridgehead atoms. The third kappa shape index (κ3) is 2.39. The third-order valence-corrected chi connectivity index (χ3v) is 4.38. The molecule has 3 nitrogen and oxygen atoms in total. The van der Waals surface area contributed by atoms with E-state index in [1.165, 1.54) is 10.4 Å². The van der Waals surface area contributed by atoms with E-state index in [1.807, 2.05) is 34.9 Å². The van der Waals surface area contributed by atoms with Gasteiger partial charge in [0.15, 0.2) is 10.6 Å². The fourth-order valence-electron chi connectivity index (χ4n) is 1.98. The number of hydrogen-bond acceptors (Lipinski definition) is 3. The molecule has 3 aromatic rings. The zero-order chi connectivity index (χ0) is 13.2. The van der Waals surface area contributed by atoms with Crippen molar-refractivity contribution in [3.8, 4) is 11.4 Å². The molecule has 0 saturated heterocycles. The van der Waals surface area contributed by atoms with E-state index >= 15 is 0 Å². The van der Waals surface area contributed by atoms with Crippen LogP contribution in [0.25, 0.3) is 11.4 Å². The van der Waals surface area contributed by atoms with Crippen molar-refractivity contribution in [3.63, 3.8) is 0 Å². The predicted molar refractivity (Wildman–Crippen MR) is 81.0 cm³/mol. The summed E-state index contributed by atoms with van der Waals surface area (Å²) in [4.78, 5) is 1.31. The smallest absolute Gasteiger partial charge is 0.195 e. The molecule has 0 aliphatic rings. The van der Waals surface area contributed by atoms with Crippen molar-refractivity contribution < 1.29 is 0 Å². The Kier molecular flexibility index (Phi) is 3.31. The molecule has 0 spiro atoms. The Balaban J connectivity index is 2.05. The Morgan fingerprint density at radius 1 is 1.26 bits per heavy atom. The number of aryl methyl sites for hydroxylation is 1. The highest BCUT2D eigenvalue weighted by Gasteiger charge is 2.10. The van der Waals surface area contributed by atoms with Gasteiger partial charge >= 0.3 is 0 Å². The number of rotatable bonds is 3. The Bertz CT molecular complexity index is 737. The van der Waals surface area contributed by atoms with E-state index < -0.39 is 0 Å². The highest BCUT2D eigenvalue weighted by atomic mass is 32.1. The van der Waals surface area contributed by atoms with Crippen molar-refractivity contribution in [2.24, 2.45) is 0 Å². The van der Waals surface area contributed by atoms with Gasteiger partial charge in [0, 0.05) is 10.4 Å². The van der Waals surface area contributed by atoms with Crippen LogP contribution in [-0.4, -0.2) is 14.8 Å². The lowest BCUT2D eigenvalue weighted by Crippen LogP contribution is -2.02. The molecular formula is C14H13N3S2. The molecule has 0 aliphatic heterocycles. The zero-order valence-electron chi connectivity index (χ0n) is 10.5. The highest BCUT2D eigenvalue weighted by molar-refractivity contribution is 7.71. The lowest BCUT2D eigenvalue weighted by atomic mass is 10.2. The van der Waals surface area contributed by atoms with Crippen LogP contribution >= 0.6 is 23.6 Å². The molecule has 5 heteroatoms. The van der Waals surface area contributed by atoms with E-state index in [9.17, 15) is 0 Å². The molecule has 0 saturated carbocycles. The van der Waals surface area contributed by atoms with Crippen molar-refractivity contribution in [1.82, 2.24) is 14.8 Å². The second kappa shape index (κ2) is 5.11. The lowest BCUT2D eigenvalue weighted by molar-refractivity contribution is 0.798. The van der Waals surface area contributed by atoms with Gasteiger partial charge in [-0.05, 0) is 36.2 Å². The first kappa shape index (κ1) is 12.3. The third-order valence-electron chi connectivity index (χ3n) is 3.06. The van der Waals surface area contributed by atoms with Gasteiger partial charge in [0.1, 0.15) is 0 Å². The fourth-order valence-corrected chi connectivity index (χ4v) is 3.07. The van der Waals surface area contributed by atoms with Crippen LogP contribution in [0.1, 0.15) is 10.4 Å². The minimum Gasteiger partial charge on any atom is -0.295 e. The molecule has 1 aromatic carbocycles. The van der Waals surface area contributed by atoms with Gasteiger partial charge in [-0.1, -0.05) is 30.3 Å². The number of thiophene rings is 1. The van der Waals surface area contributed by atoms with Gasteiger partial charge in [-0.25, -0.2) is 0 Å². The summed E-state index contributed by atoms with van der Waals surface area (Å²) in [6.07, 6.45) is 0. The summed E-state index contributed by atoms with van der Waals surface area (Å²) in [5, 5.41) is 9.34. The standard InChI is InChI=1S/C14H13N3S2/c1-10-7-8-19-12(10)9-17-13(15-16-14(17)18)11-5-3-2-4-6-11/h2-8H,9H2,1H3,(H,16,18). The van der Waals surface area contributed by atoms with E-state index in [-0.39, 0.29) is 0 Å². The second-order valence-corrected chi connectivity index (χ2v) is 5.72. The zero-order valence-corrected chi connectivity index (χ0v) is 12.1. The van der Waals surface area contributed by atoms with Crippen molar-refractivity contribution in [3.05, 3.63) is 57.0 Å². The van der Waals surface area contributed by atoms with Crippen molar-refractivity contribution in [1.29, 1.82) is 0 Å². The Labute approximate surface area is 120 Å². The monoisotopic (exact) mass is 287 g/mol. The van der Waals surface area contributed by atoms with Crippen LogP contribution in [0.4, 0.5) is 0 Å². The predicted octanol–water partition coefficient (Wildman–Crippen LogP) is 4.03. The molecule has 0 aliphatic carbocycles.